The van der Waals surface area contributed by atoms with Crippen LogP contribution in [0, 0.1) is 19.8 Å². The molecule has 2 aromatic carbocycles. The van der Waals surface area contributed by atoms with E-state index in [9.17, 15) is 0 Å². The summed E-state index contributed by atoms with van der Waals surface area (Å²) in [7, 11) is 0. The molecule has 0 bridgehead atoms. The molecule has 0 aromatic heterocycles. The summed E-state index contributed by atoms with van der Waals surface area (Å²) >= 11 is 0. The molecular weight excluding hydrogens is 292 g/mol. The summed E-state index contributed by atoms with van der Waals surface area (Å²) in [6.07, 6.45) is 7.05. The van der Waals surface area contributed by atoms with Crippen molar-refractivity contribution in [2.45, 2.75) is 59.3 Å². The van der Waals surface area contributed by atoms with E-state index in [0.717, 1.165) is 37.5 Å². The van der Waals surface area contributed by atoms with Gasteiger partial charge in [-0.15, -0.1) is 0 Å². The van der Waals surface area contributed by atoms with Crippen molar-refractivity contribution in [3.05, 3.63) is 64.2 Å². The number of ether oxygens (including phenoxy) is 1. The zero-order valence-electron chi connectivity index (χ0n) is 15.4. The lowest BCUT2D eigenvalue weighted by molar-refractivity contribution is 0.266. The molecule has 0 saturated carbocycles. The van der Waals surface area contributed by atoms with E-state index < -0.39 is 0 Å². The van der Waals surface area contributed by atoms with E-state index in [1.54, 1.807) is 11.1 Å². The zero-order chi connectivity index (χ0) is 16.9. The van der Waals surface area contributed by atoms with E-state index in [1.165, 1.54) is 36.0 Å². The molecule has 0 radical (unpaired) electrons. The Bertz CT molecular complexity index is 686. The average Bonchev–Trinajstić information content (AvgIpc) is 2.57. The number of rotatable bonds is 1. The highest BCUT2D eigenvalue weighted by atomic mass is 16.5. The van der Waals surface area contributed by atoms with E-state index >= 15 is 0 Å². The molecule has 1 atom stereocenters. The van der Waals surface area contributed by atoms with Crippen LogP contribution in [0.1, 0.15) is 54.0 Å². The molecule has 0 amide bonds. The fraction of sp³-hybridized carbons (Fsp3) is 0.478. The van der Waals surface area contributed by atoms with Gasteiger partial charge in [0.25, 0.3) is 0 Å². The van der Waals surface area contributed by atoms with Gasteiger partial charge in [-0.25, -0.2) is 0 Å². The van der Waals surface area contributed by atoms with Gasteiger partial charge in [0.2, 0.25) is 0 Å². The molecule has 128 valence electrons. The quantitative estimate of drug-likeness (QED) is 0.642. The fourth-order valence-corrected chi connectivity index (χ4v) is 3.91. The minimum Gasteiger partial charge on any atom is -0.493 e. The first-order valence-electron chi connectivity index (χ1n) is 9.47. The Labute approximate surface area is 147 Å². The van der Waals surface area contributed by atoms with Gasteiger partial charge >= 0.3 is 0 Å². The van der Waals surface area contributed by atoms with Gasteiger partial charge in [0.15, 0.2) is 0 Å². The summed E-state index contributed by atoms with van der Waals surface area (Å²) in [6.45, 7) is 7.58. The number of hydrogen-bond donors (Lipinski definition) is 0. The molecule has 0 aliphatic carbocycles. The standard InChI is InChI=1S/C23H30O/c1-4-19-9-10-20-7-5-6-18(3)22(20)12-11-21-16-17(2)8-13-23(21)24-15-14-19/h5-8,13,16,19H,4,9-12,14-15H2,1-3H3. The third kappa shape index (κ3) is 4.01. The molecule has 0 spiro atoms. The van der Waals surface area contributed by atoms with Crippen LogP contribution in [0.2, 0.25) is 0 Å². The van der Waals surface area contributed by atoms with Crippen molar-refractivity contribution in [2.75, 3.05) is 6.61 Å². The van der Waals surface area contributed by atoms with Crippen molar-refractivity contribution in [2.24, 2.45) is 5.92 Å². The summed E-state index contributed by atoms with van der Waals surface area (Å²) in [5.41, 5.74) is 7.23. The van der Waals surface area contributed by atoms with Crippen LogP contribution in [-0.2, 0) is 19.3 Å². The van der Waals surface area contributed by atoms with Crippen LogP contribution in [0.3, 0.4) is 0 Å². The van der Waals surface area contributed by atoms with Crippen LogP contribution >= 0.6 is 0 Å². The van der Waals surface area contributed by atoms with Crippen LogP contribution < -0.4 is 4.74 Å². The minimum absolute atomic E-state index is 0.756. The molecule has 1 heteroatoms. The maximum absolute atomic E-state index is 6.17. The first-order valence-corrected chi connectivity index (χ1v) is 9.47. The maximum atomic E-state index is 6.17. The van der Waals surface area contributed by atoms with Crippen LogP contribution in [0.25, 0.3) is 0 Å². The monoisotopic (exact) mass is 322 g/mol. The summed E-state index contributed by atoms with van der Waals surface area (Å²) in [6, 6.07) is 13.5. The van der Waals surface area contributed by atoms with Gasteiger partial charge in [0.05, 0.1) is 6.61 Å². The molecule has 1 unspecified atom stereocenters. The molecule has 2 aromatic rings. The Kier molecular flexibility index (Phi) is 5.60. The number of aryl methyl sites for hydroxylation is 4. The lowest BCUT2D eigenvalue weighted by Crippen LogP contribution is -2.11. The highest BCUT2D eigenvalue weighted by molar-refractivity contribution is 5.40. The number of benzene rings is 2. The Balaban J connectivity index is 1.94. The van der Waals surface area contributed by atoms with Gasteiger partial charge in [-0.05, 0) is 80.2 Å². The molecule has 1 nitrogen and oxygen atoms in total. The SMILES string of the molecule is CCC1CCOc2ccc(C)cc2CCc2c(C)cccc2CC1. The topological polar surface area (TPSA) is 9.23 Å². The van der Waals surface area contributed by atoms with Gasteiger partial charge in [0, 0.05) is 0 Å². The summed E-state index contributed by atoms with van der Waals surface area (Å²) in [4.78, 5) is 0. The van der Waals surface area contributed by atoms with Crippen molar-refractivity contribution in [3.8, 4) is 5.75 Å². The normalized spacial score (nSPS) is 18.5. The van der Waals surface area contributed by atoms with Crippen molar-refractivity contribution >= 4 is 0 Å². The number of hydrogen-bond acceptors (Lipinski definition) is 1. The summed E-state index contributed by atoms with van der Waals surface area (Å²) in [5, 5.41) is 0. The fourth-order valence-electron chi connectivity index (χ4n) is 3.91. The lowest BCUT2D eigenvalue weighted by Gasteiger charge is -2.21. The summed E-state index contributed by atoms with van der Waals surface area (Å²) < 4.78 is 6.17. The second kappa shape index (κ2) is 7.88. The van der Waals surface area contributed by atoms with E-state index in [-0.39, 0.29) is 0 Å². The predicted molar refractivity (Wildman–Crippen MR) is 102 cm³/mol. The van der Waals surface area contributed by atoms with Gasteiger partial charge in [-0.1, -0.05) is 49.2 Å². The highest BCUT2D eigenvalue weighted by Crippen LogP contribution is 2.27. The zero-order valence-corrected chi connectivity index (χ0v) is 15.4. The van der Waals surface area contributed by atoms with E-state index in [0.29, 0.717) is 0 Å². The maximum Gasteiger partial charge on any atom is 0.122 e. The molecule has 1 aliphatic heterocycles. The van der Waals surface area contributed by atoms with E-state index in [1.807, 2.05) is 0 Å². The van der Waals surface area contributed by atoms with Crippen molar-refractivity contribution in [1.29, 1.82) is 0 Å². The second-order valence-corrected chi connectivity index (χ2v) is 7.27. The molecular formula is C23H30O. The predicted octanol–water partition coefficient (Wildman–Crippen LogP) is 5.83. The molecule has 0 fully saturated rings. The molecule has 0 N–H and O–H groups in total. The number of fused-ring (bicyclic) bond motifs is 2. The van der Waals surface area contributed by atoms with Crippen LogP contribution in [0.15, 0.2) is 36.4 Å². The Morgan fingerprint density at radius 3 is 2.67 bits per heavy atom. The van der Waals surface area contributed by atoms with Crippen LogP contribution in [-0.4, -0.2) is 6.61 Å². The molecule has 1 heterocycles. The molecule has 0 saturated heterocycles. The molecule has 24 heavy (non-hydrogen) atoms. The largest absolute Gasteiger partial charge is 0.493 e. The van der Waals surface area contributed by atoms with E-state index in [2.05, 4.69) is 57.2 Å². The molecule has 3 rings (SSSR count). The van der Waals surface area contributed by atoms with Gasteiger partial charge in [-0.2, -0.15) is 0 Å². The average molecular weight is 322 g/mol. The minimum atomic E-state index is 0.756. The lowest BCUT2D eigenvalue weighted by atomic mass is 9.89. The van der Waals surface area contributed by atoms with Gasteiger partial charge in [0.1, 0.15) is 5.75 Å². The summed E-state index contributed by atoms with van der Waals surface area (Å²) in [5.74, 6) is 1.85. The first-order chi connectivity index (χ1) is 11.7. The van der Waals surface area contributed by atoms with Crippen molar-refractivity contribution in [1.82, 2.24) is 0 Å². The highest BCUT2D eigenvalue weighted by Gasteiger charge is 2.14. The van der Waals surface area contributed by atoms with Crippen molar-refractivity contribution in [3.63, 3.8) is 0 Å². The Morgan fingerprint density at radius 1 is 0.958 bits per heavy atom. The third-order valence-electron chi connectivity index (χ3n) is 5.55. The first kappa shape index (κ1) is 17.1. The van der Waals surface area contributed by atoms with Gasteiger partial charge in [-0.3, -0.25) is 0 Å². The van der Waals surface area contributed by atoms with Crippen LogP contribution in [0.5, 0.6) is 5.75 Å². The van der Waals surface area contributed by atoms with E-state index in [4.69, 9.17) is 4.74 Å². The van der Waals surface area contributed by atoms with Crippen LogP contribution in [0.4, 0.5) is 0 Å². The molecule has 1 aliphatic rings. The van der Waals surface area contributed by atoms with Crippen molar-refractivity contribution < 1.29 is 4.74 Å². The second-order valence-electron chi connectivity index (χ2n) is 7.27. The Hall–Kier alpha value is -1.76. The third-order valence-corrected chi connectivity index (χ3v) is 5.55. The smallest absolute Gasteiger partial charge is 0.122 e. The Morgan fingerprint density at radius 2 is 1.83 bits per heavy atom. The van der Waals surface area contributed by atoms with Gasteiger partial charge < -0.3 is 4.74 Å².